The molecular weight excluding hydrogens is 422 g/mol. The molecule has 32 heavy (non-hydrogen) atoms. The highest BCUT2D eigenvalue weighted by Crippen LogP contribution is 2.26. The smallest absolute Gasteiger partial charge is 0.243 e. The van der Waals surface area contributed by atoms with Crippen LogP contribution in [0.4, 0.5) is 5.82 Å². The summed E-state index contributed by atoms with van der Waals surface area (Å²) in [6, 6.07) is 12.3. The Morgan fingerprint density at radius 1 is 0.906 bits per heavy atom. The summed E-state index contributed by atoms with van der Waals surface area (Å²) in [5.74, 6) is 1.00. The molecule has 7 nitrogen and oxygen atoms in total. The van der Waals surface area contributed by atoms with Crippen molar-refractivity contribution in [3.8, 4) is 11.1 Å². The number of aromatic nitrogens is 1. The van der Waals surface area contributed by atoms with E-state index >= 15 is 0 Å². The van der Waals surface area contributed by atoms with Crippen molar-refractivity contribution < 1.29 is 8.42 Å². The summed E-state index contributed by atoms with van der Waals surface area (Å²) in [5.41, 5.74) is 1.97. The average Bonchev–Trinajstić information content (AvgIpc) is 2.84. The number of hydrogen-bond acceptors (Lipinski definition) is 6. The molecule has 0 spiro atoms. The molecule has 1 aromatic carbocycles. The van der Waals surface area contributed by atoms with E-state index in [-0.39, 0.29) is 0 Å². The highest BCUT2D eigenvalue weighted by molar-refractivity contribution is 7.89. The number of piperazine rings is 1. The highest BCUT2D eigenvalue weighted by atomic mass is 32.2. The molecule has 2 aromatic rings. The predicted molar refractivity (Wildman–Crippen MR) is 129 cm³/mol. The van der Waals surface area contributed by atoms with Crippen molar-refractivity contribution in [1.82, 2.24) is 19.5 Å². The van der Waals surface area contributed by atoms with E-state index in [0.717, 1.165) is 56.0 Å². The first-order valence-corrected chi connectivity index (χ1v) is 13.1. The minimum atomic E-state index is -3.45. The predicted octanol–water partition coefficient (Wildman–Crippen LogP) is 2.65. The van der Waals surface area contributed by atoms with Gasteiger partial charge in [0.15, 0.2) is 0 Å². The zero-order valence-electron chi connectivity index (χ0n) is 19.4. The molecule has 2 aliphatic rings. The quantitative estimate of drug-likeness (QED) is 0.719. The zero-order chi connectivity index (χ0) is 22.7. The molecule has 8 heteroatoms. The normalized spacial score (nSPS) is 19.6. The third-order valence-electron chi connectivity index (χ3n) is 6.80. The van der Waals surface area contributed by atoms with Gasteiger partial charge in [0.1, 0.15) is 5.82 Å². The second-order valence-electron chi connectivity index (χ2n) is 9.01. The maximum atomic E-state index is 13.0. The van der Waals surface area contributed by atoms with Crippen LogP contribution in [0.3, 0.4) is 0 Å². The lowest BCUT2D eigenvalue weighted by Crippen LogP contribution is -2.49. The van der Waals surface area contributed by atoms with Crippen molar-refractivity contribution in [1.29, 1.82) is 0 Å². The van der Waals surface area contributed by atoms with E-state index in [9.17, 15) is 8.42 Å². The first kappa shape index (κ1) is 23.2. The summed E-state index contributed by atoms with van der Waals surface area (Å²) >= 11 is 0. The van der Waals surface area contributed by atoms with E-state index in [1.807, 2.05) is 25.4 Å². The van der Waals surface area contributed by atoms with Crippen LogP contribution in [0.5, 0.6) is 0 Å². The van der Waals surface area contributed by atoms with E-state index < -0.39 is 10.0 Å². The Hall–Kier alpha value is -2.00. The van der Waals surface area contributed by atoms with Crippen molar-refractivity contribution in [3.63, 3.8) is 0 Å². The minimum Gasteiger partial charge on any atom is -0.354 e. The maximum Gasteiger partial charge on any atom is 0.243 e. The van der Waals surface area contributed by atoms with Crippen molar-refractivity contribution in [3.05, 3.63) is 42.6 Å². The molecule has 0 unspecified atom stereocenters. The van der Waals surface area contributed by atoms with Gasteiger partial charge in [0.25, 0.3) is 0 Å². The van der Waals surface area contributed by atoms with E-state index in [2.05, 4.69) is 46.1 Å². The van der Waals surface area contributed by atoms with E-state index in [4.69, 9.17) is 0 Å². The van der Waals surface area contributed by atoms with E-state index in [0.29, 0.717) is 30.1 Å². The molecule has 0 saturated carbocycles. The fourth-order valence-electron chi connectivity index (χ4n) is 4.56. The Kier molecular flexibility index (Phi) is 7.14. The number of anilines is 1. The molecular formula is C24H35N5O2S. The number of rotatable bonds is 6. The van der Waals surface area contributed by atoms with Gasteiger partial charge in [-0.25, -0.2) is 13.4 Å². The van der Waals surface area contributed by atoms with Crippen LogP contribution in [0.1, 0.15) is 26.7 Å². The lowest BCUT2D eigenvalue weighted by Gasteiger charge is -2.37. The lowest BCUT2D eigenvalue weighted by atomic mass is 10.1. The number of sulfonamides is 1. The van der Waals surface area contributed by atoms with Crippen molar-refractivity contribution in [2.24, 2.45) is 0 Å². The van der Waals surface area contributed by atoms with E-state index in [1.54, 1.807) is 16.4 Å². The summed E-state index contributed by atoms with van der Waals surface area (Å²) < 4.78 is 27.6. The number of piperidine rings is 1. The van der Waals surface area contributed by atoms with Gasteiger partial charge in [-0.1, -0.05) is 12.1 Å². The largest absolute Gasteiger partial charge is 0.354 e. The molecule has 1 N–H and O–H groups in total. The molecule has 0 radical (unpaired) electrons. The standard InChI is InChI=1S/C24H35N5O2S/c1-19(2)27-14-16-28(17-15-27)24-9-6-21(18-26-24)20-4-7-23(8-5-20)32(30,31)29-12-10-22(25-3)11-13-29/h4-9,18-19,22,25H,10-17H2,1-3H3. The van der Waals surface area contributed by atoms with Crippen LogP contribution >= 0.6 is 0 Å². The molecule has 3 heterocycles. The molecule has 1 aromatic heterocycles. The fourth-order valence-corrected chi connectivity index (χ4v) is 6.03. The number of pyridine rings is 1. The zero-order valence-corrected chi connectivity index (χ0v) is 20.2. The van der Waals surface area contributed by atoms with Gasteiger partial charge in [0, 0.05) is 63.1 Å². The lowest BCUT2D eigenvalue weighted by molar-refractivity contribution is 0.209. The SMILES string of the molecule is CNC1CCN(S(=O)(=O)c2ccc(-c3ccc(N4CCN(C(C)C)CC4)nc3)cc2)CC1. The van der Waals surface area contributed by atoms with Gasteiger partial charge in [-0.3, -0.25) is 4.90 Å². The van der Waals surface area contributed by atoms with Gasteiger partial charge >= 0.3 is 0 Å². The molecule has 2 fully saturated rings. The van der Waals surface area contributed by atoms with Gasteiger partial charge in [0.05, 0.1) is 4.90 Å². The Bertz CT molecular complexity index is 976. The summed E-state index contributed by atoms with van der Waals surface area (Å²) in [5, 5.41) is 3.24. The average molecular weight is 458 g/mol. The molecule has 0 aliphatic carbocycles. The summed E-state index contributed by atoms with van der Waals surface area (Å²) in [6.45, 7) is 9.70. The third kappa shape index (κ3) is 4.98. The monoisotopic (exact) mass is 457 g/mol. The van der Waals surface area contributed by atoms with Gasteiger partial charge in [-0.15, -0.1) is 0 Å². The fraction of sp³-hybridized carbons (Fsp3) is 0.542. The molecule has 0 atom stereocenters. The topological polar surface area (TPSA) is 68.8 Å². The number of nitrogens with one attached hydrogen (secondary N) is 1. The third-order valence-corrected chi connectivity index (χ3v) is 8.72. The second-order valence-corrected chi connectivity index (χ2v) is 11.0. The van der Waals surface area contributed by atoms with E-state index in [1.165, 1.54) is 0 Å². The van der Waals surface area contributed by atoms with Gasteiger partial charge in [-0.2, -0.15) is 4.31 Å². The Morgan fingerprint density at radius 3 is 2.06 bits per heavy atom. The van der Waals surface area contributed by atoms with Crippen molar-refractivity contribution in [2.45, 2.75) is 43.7 Å². The first-order chi connectivity index (χ1) is 15.4. The molecule has 4 rings (SSSR count). The minimum absolute atomic E-state index is 0.358. The number of benzene rings is 1. The highest BCUT2D eigenvalue weighted by Gasteiger charge is 2.28. The van der Waals surface area contributed by atoms with Gasteiger partial charge in [-0.05, 0) is 63.6 Å². The van der Waals surface area contributed by atoms with Crippen LogP contribution < -0.4 is 10.2 Å². The number of hydrogen-bond donors (Lipinski definition) is 1. The van der Waals surface area contributed by atoms with Crippen molar-refractivity contribution >= 4 is 15.8 Å². The molecule has 0 bridgehead atoms. The molecule has 2 aliphatic heterocycles. The van der Waals surface area contributed by atoms with Crippen LogP contribution in [-0.4, -0.2) is 81.0 Å². The van der Waals surface area contributed by atoms with Crippen molar-refractivity contribution in [2.75, 3.05) is 51.2 Å². The summed E-state index contributed by atoms with van der Waals surface area (Å²) in [7, 11) is -1.51. The summed E-state index contributed by atoms with van der Waals surface area (Å²) in [4.78, 5) is 9.86. The maximum absolute atomic E-state index is 13.0. The molecule has 174 valence electrons. The van der Waals surface area contributed by atoms with Crippen LogP contribution in [0, 0.1) is 0 Å². The van der Waals surface area contributed by atoms with Gasteiger partial charge in [0.2, 0.25) is 10.0 Å². The van der Waals surface area contributed by atoms with Gasteiger partial charge < -0.3 is 10.2 Å². The summed E-state index contributed by atoms with van der Waals surface area (Å²) in [6.07, 6.45) is 3.58. The van der Waals surface area contributed by atoms with Crippen LogP contribution in [0.15, 0.2) is 47.5 Å². The first-order valence-electron chi connectivity index (χ1n) is 11.6. The Morgan fingerprint density at radius 2 is 1.53 bits per heavy atom. The van der Waals surface area contributed by atoms with Crippen LogP contribution in [-0.2, 0) is 10.0 Å². The van der Waals surface area contributed by atoms with Crippen LogP contribution in [0.25, 0.3) is 11.1 Å². The van der Waals surface area contributed by atoms with Crippen LogP contribution in [0.2, 0.25) is 0 Å². The Labute approximate surface area is 192 Å². The molecule has 2 saturated heterocycles. The Balaban J connectivity index is 1.41. The molecule has 0 amide bonds. The number of nitrogens with zero attached hydrogens (tertiary/aromatic N) is 4. The second kappa shape index (κ2) is 9.87.